The number of benzene rings is 1. The Hall–Kier alpha value is -2.01. The number of hydrogen-bond acceptors (Lipinski definition) is 4. The van der Waals surface area contributed by atoms with E-state index >= 15 is 0 Å². The third-order valence-corrected chi connectivity index (χ3v) is 3.73. The van der Waals surface area contributed by atoms with Gasteiger partial charge in [-0.2, -0.15) is 5.10 Å². The van der Waals surface area contributed by atoms with E-state index in [9.17, 15) is 0 Å². The Balaban J connectivity index is 2.45. The molecule has 1 atom stereocenters. The van der Waals surface area contributed by atoms with Gasteiger partial charge in [-0.1, -0.05) is 13.0 Å². The van der Waals surface area contributed by atoms with Crippen molar-refractivity contribution >= 4 is 0 Å². The van der Waals surface area contributed by atoms with Crippen molar-refractivity contribution in [3.8, 4) is 11.5 Å². The largest absolute Gasteiger partial charge is 0.493 e. The summed E-state index contributed by atoms with van der Waals surface area (Å²) in [6.45, 7) is 5.04. The first-order valence-corrected chi connectivity index (χ1v) is 7.06. The molecular formula is C16H23N3O2. The van der Waals surface area contributed by atoms with Gasteiger partial charge in [-0.3, -0.25) is 4.68 Å². The molecule has 0 amide bonds. The molecule has 114 valence electrons. The molecule has 5 heteroatoms. The van der Waals surface area contributed by atoms with E-state index in [1.807, 2.05) is 30.1 Å². The first-order valence-electron chi connectivity index (χ1n) is 7.06. The summed E-state index contributed by atoms with van der Waals surface area (Å²) in [5, 5.41) is 7.85. The lowest BCUT2D eigenvalue weighted by Gasteiger charge is -2.20. The van der Waals surface area contributed by atoms with Crippen molar-refractivity contribution in [2.75, 3.05) is 20.8 Å². The van der Waals surface area contributed by atoms with Crippen LogP contribution in [0.2, 0.25) is 0 Å². The zero-order valence-electron chi connectivity index (χ0n) is 13.3. The van der Waals surface area contributed by atoms with Gasteiger partial charge in [-0.25, -0.2) is 0 Å². The highest BCUT2D eigenvalue weighted by atomic mass is 16.5. The van der Waals surface area contributed by atoms with E-state index in [1.54, 1.807) is 14.2 Å². The second-order valence-electron chi connectivity index (χ2n) is 4.91. The third-order valence-electron chi connectivity index (χ3n) is 3.73. The lowest BCUT2D eigenvalue weighted by molar-refractivity contribution is 0.354. The van der Waals surface area contributed by atoms with Crippen LogP contribution in [0.3, 0.4) is 0 Å². The molecule has 2 aromatic rings. The van der Waals surface area contributed by atoms with Gasteiger partial charge in [0.25, 0.3) is 0 Å². The Bertz CT molecular complexity index is 608. The zero-order valence-corrected chi connectivity index (χ0v) is 13.3. The SMILES string of the molecule is CCNC(c1ccc(OC)c(OC)c1)c1cnn(C)c1C. The molecule has 0 bridgehead atoms. The fourth-order valence-corrected chi connectivity index (χ4v) is 2.44. The highest BCUT2D eigenvalue weighted by Gasteiger charge is 2.19. The summed E-state index contributed by atoms with van der Waals surface area (Å²) in [7, 11) is 5.25. The quantitative estimate of drug-likeness (QED) is 0.887. The molecule has 0 radical (unpaired) electrons. The summed E-state index contributed by atoms with van der Waals surface area (Å²) in [6, 6.07) is 6.09. The van der Waals surface area contributed by atoms with Gasteiger partial charge in [0.05, 0.1) is 26.5 Å². The van der Waals surface area contributed by atoms with Crippen LogP contribution < -0.4 is 14.8 Å². The number of rotatable bonds is 6. The van der Waals surface area contributed by atoms with Crippen LogP contribution in [-0.2, 0) is 7.05 Å². The fourth-order valence-electron chi connectivity index (χ4n) is 2.44. The number of ether oxygens (including phenoxy) is 2. The summed E-state index contributed by atoms with van der Waals surface area (Å²) in [5.74, 6) is 1.47. The minimum absolute atomic E-state index is 0.0866. The number of aromatic nitrogens is 2. The smallest absolute Gasteiger partial charge is 0.161 e. The van der Waals surface area contributed by atoms with E-state index < -0.39 is 0 Å². The lowest BCUT2D eigenvalue weighted by Crippen LogP contribution is -2.22. The van der Waals surface area contributed by atoms with Gasteiger partial charge in [0, 0.05) is 18.3 Å². The Labute approximate surface area is 125 Å². The molecule has 1 aromatic heterocycles. The first kappa shape index (κ1) is 15.4. The minimum Gasteiger partial charge on any atom is -0.493 e. The second kappa shape index (κ2) is 6.63. The summed E-state index contributed by atoms with van der Waals surface area (Å²) >= 11 is 0. The van der Waals surface area contributed by atoms with Gasteiger partial charge < -0.3 is 14.8 Å². The van der Waals surface area contributed by atoms with E-state index in [0.29, 0.717) is 0 Å². The molecule has 0 saturated heterocycles. The maximum atomic E-state index is 5.40. The maximum Gasteiger partial charge on any atom is 0.161 e. The van der Waals surface area contributed by atoms with Crippen LogP contribution in [0.4, 0.5) is 0 Å². The average Bonchev–Trinajstić information content (AvgIpc) is 2.84. The predicted molar refractivity (Wildman–Crippen MR) is 83.0 cm³/mol. The van der Waals surface area contributed by atoms with Crippen molar-refractivity contribution in [2.45, 2.75) is 19.9 Å². The standard InChI is InChI=1S/C16H23N3O2/c1-6-17-16(13-10-18-19(3)11(13)2)12-7-8-14(20-4)15(9-12)21-5/h7-10,16-17H,6H2,1-5H3. The van der Waals surface area contributed by atoms with Crippen LogP contribution in [0.15, 0.2) is 24.4 Å². The van der Waals surface area contributed by atoms with Crippen LogP contribution in [0, 0.1) is 6.92 Å². The Morgan fingerprint density at radius 1 is 1.24 bits per heavy atom. The number of methoxy groups -OCH3 is 2. The summed E-state index contributed by atoms with van der Waals surface area (Å²) in [4.78, 5) is 0. The second-order valence-corrected chi connectivity index (χ2v) is 4.91. The normalized spacial score (nSPS) is 12.2. The maximum absolute atomic E-state index is 5.40. The van der Waals surface area contributed by atoms with Gasteiger partial charge in [0.15, 0.2) is 11.5 Å². The summed E-state index contributed by atoms with van der Waals surface area (Å²) in [5.41, 5.74) is 3.45. The van der Waals surface area contributed by atoms with Crippen LogP contribution in [-0.4, -0.2) is 30.5 Å². The minimum atomic E-state index is 0.0866. The number of hydrogen-bond donors (Lipinski definition) is 1. The van der Waals surface area contributed by atoms with Gasteiger partial charge in [0.1, 0.15) is 0 Å². The van der Waals surface area contributed by atoms with E-state index in [0.717, 1.165) is 29.3 Å². The lowest BCUT2D eigenvalue weighted by atomic mass is 9.99. The van der Waals surface area contributed by atoms with E-state index in [1.165, 1.54) is 5.56 Å². The number of nitrogens with one attached hydrogen (secondary N) is 1. The van der Waals surface area contributed by atoms with Crippen molar-refractivity contribution in [1.29, 1.82) is 0 Å². The van der Waals surface area contributed by atoms with E-state index in [2.05, 4.69) is 30.3 Å². The molecule has 0 spiro atoms. The van der Waals surface area contributed by atoms with Crippen LogP contribution >= 0.6 is 0 Å². The molecule has 0 aliphatic rings. The molecular weight excluding hydrogens is 266 g/mol. The van der Waals surface area contributed by atoms with Crippen LogP contribution in [0.5, 0.6) is 11.5 Å². The van der Waals surface area contributed by atoms with Gasteiger partial charge >= 0.3 is 0 Å². The van der Waals surface area contributed by atoms with E-state index in [4.69, 9.17) is 9.47 Å². The molecule has 0 aliphatic heterocycles. The summed E-state index contributed by atoms with van der Waals surface area (Å²) < 4.78 is 12.6. The molecule has 0 aliphatic carbocycles. The van der Waals surface area contributed by atoms with Crippen molar-refractivity contribution in [3.63, 3.8) is 0 Å². The molecule has 2 rings (SSSR count). The molecule has 1 unspecified atom stereocenters. The molecule has 21 heavy (non-hydrogen) atoms. The molecule has 0 saturated carbocycles. The Morgan fingerprint density at radius 3 is 2.48 bits per heavy atom. The Morgan fingerprint density at radius 2 is 1.95 bits per heavy atom. The van der Waals surface area contributed by atoms with Crippen LogP contribution in [0.1, 0.15) is 29.8 Å². The molecule has 5 nitrogen and oxygen atoms in total. The molecule has 1 aromatic carbocycles. The monoisotopic (exact) mass is 289 g/mol. The van der Waals surface area contributed by atoms with Gasteiger partial charge in [-0.05, 0) is 31.2 Å². The predicted octanol–water partition coefficient (Wildman–Crippen LogP) is 2.44. The molecule has 0 fully saturated rings. The highest BCUT2D eigenvalue weighted by Crippen LogP contribution is 2.32. The fraction of sp³-hybridized carbons (Fsp3) is 0.438. The first-order chi connectivity index (χ1) is 10.1. The Kier molecular flexibility index (Phi) is 4.85. The number of aryl methyl sites for hydroxylation is 1. The molecule has 1 N–H and O–H groups in total. The number of nitrogens with zero attached hydrogens (tertiary/aromatic N) is 2. The molecule has 1 heterocycles. The van der Waals surface area contributed by atoms with Gasteiger partial charge in [-0.15, -0.1) is 0 Å². The average molecular weight is 289 g/mol. The van der Waals surface area contributed by atoms with Crippen LogP contribution in [0.25, 0.3) is 0 Å². The third kappa shape index (κ3) is 3.03. The van der Waals surface area contributed by atoms with Crippen molar-refractivity contribution in [1.82, 2.24) is 15.1 Å². The van der Waals surface area contributed by atoms with E-state index in [-0.39, 0.29) is 6.04 Å². The van der Waals surface area contributed by atoms with Gasteiger partial charge in [0.2, 0.25) is 0 Å². The van der Waals surface area contributed by atoms with Crippen molar-refractivity contribution in [3.05, 3.63) is 41.2 Å². The topological polar surface area (TPSA) is 48.3 Å². The summed E-state index contributed by atoms with van der Waals surface area (Å²) in [6.07, 6.45) is 1.92. The van der Waals surface area contributed by atoms with Crippen molar-refractivity contribution < 1.29 is 9.47 Å². The van der Waals surface area contributed by atoms with Crippen molar-refractivity contribution in [2.24, 2.45) is 7.05 Å². The highest BCUT2D eigenvalue weighted by molar-refractivity contribution is 5.46. The zero-order chi connectivity index (χ0) is 15.4.